The van der Waals surface area contributed by atoms with Gasteiger partial charge in [-0.25, -0.2) is 0 Å². The van der Waals surface area contributed by atoms with Crippen LogP contribution < -0.4 is 14.8 Å². The highest BCUT2D eigenvalue weighted by atomic mass is 16.5. The highest BCUT2D eigenvalue weighted by Crippen LogP contribution is 2.28. The number of rotatable bonds is 10. The smallest absolute Gasteiger partial charge is 0.161 e. The van der Waals surface area contributed by atoms with Crippen LogP contribution in [0.15, 0.2) is 30.9 Å². The number of likely N-dealkylation sites (tertiary alicyclic amines) is 1. The molecule has 0 spiro atoms. The molecule has 0 amide bonds. The van der Waals surface area contributed by atoms with E-state index >= 15 is 0 Å². The van der Waals surface area contributed by atoms with Crippen LogP contribution in [0.25, 0.3) is 0 Å². The minimum atomic E-state index is 0.492. The number of ether oxygens (including phenoxy) is 2. The third kappa shape index (κ3) is 5.26. The van der Waals surface area contributed by atoms with E-state index in [2.05, 4.69) is 35.9 Å². The van der Waals surface area contributed by atoms with Crippen LogP contribution in [0.2, 0.25) is 0 Å². The van der Waals surface area contributed by atoms with Gasteiger partial charge in [0.2, 0.25) is 0 Å². The molecular formula is C19H30N2O2. The normalized spacial score (nSPS) is 18.1. The van der Waals surface area contributed by atoms with Crippen LogP contribution in [0, 0.1) is 0 Å². The Morgan fingerprint density at radius 1 is 1.30 bits per heavy atom. The largest absolute Gasteiger partial charge is 0.490 e. The van der Waals surface area contributed by atoms with Crippen molar-refractivity contribution in [3.63, 3.8) is 0 Å². The molecule has 4 heteroatoms. The second kappa shape index (κ2) is 9.58. The molecule has 1 saturated heterocycles. The molecule has 0 saturated carbocycles. The molecule has 1 fully saturated rings. The lowest BCUT2D eigenvalue weighted by atomic mass is 10.1. The zero-order valence-corrected chi connectivity index (χ0v) is 14.5. The number of nitrogens with one attached hydrogen (secondary N) is 1. The summed E-state index contributed by atoms with van der Waals surface area (Å²) in [4.78, 5) is 2.56. The molecular weight excluding hydrogens is 288 g/mol. The van der Waals surface area contributed by atoms with Crippen molar-refractivity contribution in [2.24, 2.45) is 0 Å². The summed E-state index contributed by atoms with van der Waals surface area (Å²) in [6, 6.07) is 6.84. The number of benzene rings is 1. The molecule has 4 nitrogen and oxygen atoms in total. The number of likely N-dealkylation sites (N-methyl/N-ethyl adjacent to an activating group) is 1. The Balaban J connectivity index is 1.89. The SMILES string of the molecule is C=CCOc1ccc(CNC[C@H]2CCCN2CC)cc1OCC. The first-order valence-corrected chi connectivity index (χ1v) is 8.72. The van der Waals surface area contributed by atoms with Gasteiger partial charge in [-0.05, 0) is 50.6 Å². The summed E-state index contributed by atoms with van der Waals surface area (Å²) in [7, 11) is 0. The highest BCUT2D eigenvalue weighted by Gasteiger charge is 2.22. The average Bonchev–Trinajstić information content (AvgIpc) is 3.02. The Morgan fingerprint density at radius 3 is 2.91 bits per heavy atom. The van der Waals surface area contributed by atoms with Crippen LogP contribution in [0.5, 0.6) is 11.5 Å². The standard InChI is InChI=1S/C19H30N2O2/c1-4-12-23-18-10-9-16(13-19(18)22-6-3)14-20-15-17-8-7-11-21(17)5-2/h4,9-10,13,17,20H,1,5-8,11-12,14-15H2,2-3H3/t17-/m1/s1. The van der Waals surface area contributed by atoms with Crippen molar-refractivity contribution in [2.75, 3.05) is 32.8 Å². The van der Waals surface area contributed by atoms with Crippen molar-refractivity contribution >= 4 is 0 Å². The lowest BCUT2D eigenvalue weighted by Gasteiger charge is -2.23. The predicted octanol–water partition coefficient (Wildman–Crippen LogP) is 3.22. The van der Waals surface area contributed by atoms with Gasteiger partial charge in [-0.2, -0.15) is 0 Å². The van der Waals surface area contributed by atoms with Crippen LogP contribution in [-0.2, 0) is 6.54 Å². The molecule has 23 heavy (non-hydrogen) atoms. The minimum absolute atomic E-state index is 0.492. The molecule has 128 valence electrons. The van der Waals surface area contributed by atoms with Gasteiger partial charge in [0.25, 0.3) is 0 Å². The molecule has 1 aliphatic heterocycles. The van der Waals surface area contributed by atoms with Gasteiger partial charge in [-0.1, -0.05) is 25.6 Å². The van der Waals surface area contributed by atoms with E-state index in [0.717, 1.165) is 31.1 Å². The van der Waals surface area contributed by atoms with Crippen LogP contribution in [-0.4, -0.2) is 43.8 Å². The van der Waals surface area contributed by atoms with Crippen LogP contribution in [0.1, 0.15) is 32.3 Å². The van der Waals surface area contributed by atoms with E-state index in [1.807, 2.05) is 13.0 Å². The van der Waals surface area contributed by atoms with Crippen LogP contribution in [0.4, 0.5) is 0 Å². The average molecular weight is 318 g/mol. The summed E-state index contributed by atoms with van der Waals surface area (Å²) in [6.45, 7) is 13.3. The van der Waals surface area contributed by atoms with Crippen LogP contribution >= 0.6 is 0 Å². The van der Waals surface area contributed by atoms with Crippen molar-refractivity contribution in [2.45, 2.75) is 39.3 Å². The zero-order chi connectivity index (χ0) is 16.5. The fourth-order valence-electron chi connectivity index (χ4n) is 3.12. The van der Waals surface area contributed by atoms with E-state index in [1.165, 1.54) is 24.9 Å². The molecule has 0 aliphatic carbocycles. The Labute approximate surface area is 140 Å². The minimum Gasteiger partial charge on any atom is -0.490 e. The summed E-state index contributed by atoms with van der Waals surface area (Å²) in [5, 5.41) is 3.59. The third-order valence-electron chi connectivity index (χ3n) is 4.28. The molecule has 0 bridgehead atoms. The van der Waals surface area contributed by atoms with Gasteiger partial charge in [-0.3, -0.25) is 4.90 Å². The van der Waals surface area contributed by atoms with E-state index in [9.17, 15) is 0 Å². The highest BCUT2D eigenvalue weighted by molar-refractivity contribution is 5.43. The van der Waals surface area contributed by atoms with E-state index in [-0.39, 0.29) is 0 Å². The van der Waals surface area contributed by atoms with Gasteiger partial charge in [0, 0.05) is 19.1 Å². The monoisotopic (exact) mass is 318 g/mol. The second-order valence-corrected chi connectivity index (χ2v) is 5.87. The van der Waals surface area contributed by atoms with Crippen molar-refractivity contribution < 1.29 is 9.47 Å². The Hall–Kier alpha value is -1.52. The van der Waals surface area contributed by atoms with Crippen molar-refractivity contribution in [3.05, 3.63) is 36.4 Å². The van der Waals surface area contributed by atoms with Gasteiger partial charge in [0.1, 0.15) is 6.61 Å². The first kappa shape index (κ1) is 17.8. The van der Waals surface area contributed by atoms with E-state index in [1.54, 1.807) is 6.08 Å². The lowest BCUT2D eigenvalue weighted by molar-refractivity contribution is 0.260. The fourth-order valence-corrected chi connectivity index (χ4v) is 3.12. The summed E-state index contributed by atoms with van der Waals surface area (Å²) < 4.78 is 11.3. The molecule has 1 aromatic carbocycles. The van der Waals surface area contributed by atoms with Gasteiger partial charge >= 0.3 is 0 Å². The Bertz CT molecular complexity index is 490. The van der Waals surface area contributed by atoms with E-state index in [0.29, 0.717) is 19.3 Å². The first-order chi connectivity index (χ1) is 11.3. The Morgan fingerprint density at radius 2 is 2.17 bits per heavy atom. The maximum Gasteiger partial charge on any atom is 0.161 e. The summed E-state index contributed by atoms with van der Waals surface area (Å²) in [5.74, 6) is 1.59. The number of hydrogen-bond donors (Lipinski definition) is 1. The van der Waals surface area contributed by atoms with Gasteiger partial charge in [0.05, 0.1) is 6.61 Å². The molecule has 1 N–H and O–H groups in total. The van der Waals surface area contributed by atoms with Gasteiger partial charge in [0.15, 0.2) is 11.5 Å². The molecule has 0 aromatic heterocycles. The fraction of sp³-hybridized carbons (Fsp3) is 0.579. The summed E-state index contributed by atoms with van der Waals surface area (Å²) >= 11 is 0. The lowest BCUT2D eigenvalue weighted by Crippen LogP contribution is -2.37. The van der Waals surface area contributed by atoms with Gasteiger partial charge < -0.3 is 14.8 Å². The third-order valence-corrected chi connectivity index (χ3v) is 4.28. The zero-order valence-electron chi connectivity index (χ0n) is 14.5. The van der Waals surface area contributed by atoms with Gasteiger partial charge in [-0.15, -0.1) is 0 Å². The maximum atomic E-state index is 5.69. The van der Waals surface area contributed by atoms with Crippen molar-refractivity contribution in [1.82, 2.24) is 10.2 Å². The molecule has 2 rings (SSSR count). The molecule has 1 aliphatic rings. The second-order valence-electron chi connectivity index (χ2n) is 5.87. The van der Waals surface area contributed by atoms with Crippen molar-refractivity contribution in [1.29, 1.82) is 0 Å². The summed E-state index contributed by atoms with van der Waals surface area (Å²) in [6.07, 6.45) is 4.37. The predicted molar refractivity (Wildman–Crippen MR) is 95.3 cm³/mol. The maximum absolute atomic E-state index is 5.69. The van der Waals surface area contributed by atoms with Crippen molar-refractivity contribution in [3.8, 4) is 11.5 Å². The molecule has 1 heterocycles. The molecule has 1 aromatic rings. The number of nitrogens with zero attached hydrogens (tertiary/aromatic N) is 1. The molecule has 0 unspecified atom stereocenters. The quantitative estimate of drug-likeness (QED) is 0.672. The first-order valence-electron chi connectivity index (χ1n) is 8.72. The molecule has 1 atom stereocenters. The van der Waals surface area contributed by atoms with E-state index < -0.39 is 0 Å². The molecule has 0 radical (unpaired) electrons. The number of hydrogen-bond acceptors (Lipinski definition) is 4. The Kier molecular flexibility index (Phi) is 7.43. The van der Waals surface area contributed by atoms with Crippen LogP contribution in [0.3, 0.4) is 0 Å². The topological polar surface area (TPSA) is 33.7 Å². The summed E-state index contributed by atoms with van der Waals surface area (Å²) in [5.41, 5.74) is 1.22. The van der Waals surface area contributed by atoms with E-state index in [4.69, 9.17) is 9.47 Å².